The number of nitrogens with one attached hydrogen (secondary N) is 2. The van der Waals surface area contributed by atoms with Crippen LogP contribution in [0, 0.1) is 5.92 Å². The summed E-state index contributed by atoms with van der Waals surface area (Å²) in [5, 5.41) is 6.92. The van der Waals surface area contributed by atoms with Gasteiger partial charge in [-0.15, -0.1) is 0 Å². The maximum atomic E-state index is 3.53. The van der Waals surface area contributed by atoms with Crippen molar-refractivity contribution in [2.75, 3.05) is 45.8 Å². The minimum absolute atomic E-state index is 0.778. The molecule has 15 heavy (non-hydrogen) atoms. The van der Waals surface area contributed by atoms with Crippen LogP contribution in [0.3, 0.4) is 0 Å². The highest BCUT2D eigenvalue weighted by Crippen LogP contribution is 2.00. The fourth-order valence-electron chi connectivity index (χ4n) is 2.05. The third-order valence-corrected chi connectivity index (χ3v) is 2.98. The SMILES string of the molecule is CCCCNCC(C)CN1CCNCC1. The van der Waals surface area contributed by atoms with Gasteiger partial charge in [0.25, 0.3) is 0 Å². The van der Waals surface area contributed by atoms with Crippen LogP contribution in [0.15, 0.2) is 0 Å². The molecule has 1 atom stereocenters. The Morgan fingerprint density at radius 2 is 2.07 bits per heavy atom. The zero-order valence-corrected chi connectivity index (χ0v) is 10.4. The van der Waals surface area contributed by atoms with E-state index in [1.54, 1.807) is 0 Å². The van der Waals surface area contributed by atoms with E-state index in [1.165, 1.54) is 45.6 Å². The fourth-order valence-corrected chi connectivity index (χ4v) is 2.05. The van der Waals surface area contributed by atoms with Crippen molar-refractivity contribution >= 4 is 0 Å². The largest absolute Gasteiger partial charge is 0.316 e. The Labute approximate surface area is 94.6 Å². The first-order valence-electron chi connectivity index (χ1n) is 6.46. The molecule has 0 amide bonds. The molecule has 90 valence electrons. The third kappa shape index (κ3) is 6.13. The van der Waals surface area contributed by atoms with Gasteiger partial charge in [-0.1, -0.05) is 20.3 Å². The lowest BCUT2D eigenvalue weighted by molar-refractivity contribution is 0.209. The first-order valence-corrected chi connectivity index (χ1v) is 6.46. The average Bonchev–Trinajstić information content (AvgIpc) is 2.26. The summed E-state index contributed by atoms with van der Waals surface area (Å²) in [5.74, 6) is 0.778. The second-order valence-corrected chi connectivity index (χ2v) is 4.71. The quantitative estimate of drug-likeness (QED) is 0.616. The van der Waals surface area contributed by atoms with Crippen molar-refractivity contribution in [2.24, 2.45) is 5.92 Å². The lowest BCUT2D eigenvalue weighted by Gasteiger charge is -2.29. The maximum absolute atomic E-state index is 3.53. The van der Waals surface area contributed by atoms with E-state index in [2.05, 4.69) is 29.4 Å². The molecule has 0 saturated carbocycles. The van der Waals surface area contributed by atoms with Crippen molar-refractivity contribution in [1.82, 2.24) is 15.5 Å². The molecule has 0 aliphatic carbocycles. The summed E-state index contributed by atoms with van der Waals surface area (Å²) in [6.07, 6.45) is 2.60. The minimum Gasteiger partial charge on any atom is -0.316 e. The van der Waals surface area contributed by atoms with E-state index < -0.39 is 0 Å². The Morgan fingerprint density at radius 1 is 1.33 bits per heavy atom. The maximum Gasteiger partial charge on any atom is 0.0107 e. The van der Waals surface area contributed by atoms with Crippen molar-refractivity contribution in [3.05, 3.63) is 0 Å². The highest BCUT2D eigenvalue weighted by molar-refractivity contribution is 4.70. The first-order chi connectivity index (χ1) is 7.33. The van der Waals surface area contributed by atoms with Crippen LogP contribution in [0.2, 0.25) is 0 Å². The van der Waals surface area contributed by atoms with Crippen molar-refractivity contribution < 1.29 is 0 Å². The van der Waals surface area contributed by atoms with Crippen LogP contribution in [0.25, 0.3) is 0 Å². The van der Waals surface area contributed by atoms with Crippen LogP contribution in [0.5, 0.6) is 0 Å². The highest BCUT2D eigenvalue weighted by Gasteiger charge is 2.12. The molecule has 0 aromatic carbocycles. The van der Waals surface area contributed by atoms with Gasteiger partial charge in [0.15, 0.2) is 0 Å². The monoisotopic (exact) mass is 213 g/mol. The summed E-state index contributed by atoms with van der Waals surface area (Å²) in [4.78, 5) is 2.57. The fraction of sp³-hybridized carbons (Fsp3) is 1.00. The van der Waals surface area contributed by atoms with Gasteiger partial charge >= 0.3 is 0 Å². The second-order valence-electron chi connectivity index (χ2n) is 4.71. The van der Waals surface area contributed by atoms with E-state index in [0.717, 1.165) is 19.0 Å². The molecule has 0 spiro atoms. The topological polar surface area (TPSA) is 27.3 Å². The molecule has 0 aromatic rings. The lowest BCUT2D eigenvalue weighted by atomic mass is 10.1. The molecule has 0 radical (unpaired) electrons. The highest BCUT2D eigenvalue weighted by atomic mass is 15.2. The molecule has 0 bridgehead atoms. The van der Waals surface area contributed by atoms with Gasteiger partial charge in [0.2, 0.25) is 0 Å². The van der Waals surface area contributed by atoms with Gasteiger partial charge in [-0.25, -0.2) is 0 Å². The van der Waals surface area contributed by atoms with E-state index >= 15 is 0 Å². The van der Waals surface area contributed by atoms with Gasteiger partial charge in [-0.05, 0) is 25.4 Å². The summed E-state index contributed by atoms with van der Waals surface area (Å²) in [7, 11) is 0. The van der Waals surface area contributed by atoms with E-state index in [0.29, 0.717) is 0 Å². The summed E-state index contributed by atoms with van der Waals surface area (Å²) in [6, 6.07) is 0. The smallest absolute Gasteiger partial charge is 0.0107 e. The molecule has 2 N–H and O–H groups in total. The lowest BCUT2D eigenvalue weighted by Crippen LogP contribution is -2.46. The van der Waals surface area contributed by atoms with Gasteiger partial charge < -0.3 is 15.5 Å². The van der Waals surface area contributed by atoms with Crippen LogP contribution in [-0.2, 0) is 0 Å². The Bertz CT molecular complexity index is 144. The van der Waals surface area contributed by atoms with Crippen LogP contribution in [0.1, 0.15) is 26.7 Å². The van der Waals surface area contributed by atoms with Gasteiger partial charge in [0.05, 0.1) is 0 Å². The van der Waals surface area contributed by atoms with Gasteiger partial charge in [0.1, 0.15) is 0 Å². The molecule has 1 aliphatic heterocycles. The van der Waals surface area contributed by atoms with Crippen molar-refractivity contribution in [3.63, 3.8) is 0 Å². The molecule has 0 aromatic heterocycles. The molecule has 3 heteroatoms. The predicted octanol–water partition coefficient (Wildman–Crippen LogP) is 0.917. The number of hydrogen-bond acceptors (Lipinski definition) is 3. The van der Waals surface area contributed by atoms with Gasteiger partial charge in [0, 0.05) is 32.7 Å². The van der Waals surface area contributed by atoms with Gasteiger partial charge in [-0.2, -0.15) is 0 Å². The standard InChI is InChI=1S/C12H27N3/c1-3-4-5-14-10-12(2)11-15-8-6-13-7-9-15/h12-14H,3-11H2,1-2H3. The Morgan fingerprint density at radius 3 is 2.73 bits per heavy atom. The van der Waals surface area contributed by atoms with Crippen LogP contribution in [-0.4, -0.2) is 50.7 Å². The second kappa shape index (κ2) is 8.08. The zero-order chi connectivity index (χ0) is 10.9. The number of unbranched alkanes of at least 4 members (excludes halogenated alkanes) is 1. The molecule has 1 fully saturated rings. The van der Waals surface area contributed by atoms with E-state index in [9.17, 15) is 0 Å². The van der Waals surface area contributed by atoms with E-state index in [1.807, 2.05) is 0 Å². The van der Waals surface area contributed by atoms with Crippen molar-refractivity contribution in [1.29, 1.82) is 0 Å². The average molecular weight is 213 g/mol. The molecule has 1 unspecified atom stereocenters. The minimum atomic E-state index is 0.778. The van der Waals surface area contributed by atoms with Crippen LogP contribution < -0.4 is 10.6 Å². The van der Waals surface area contributed by atoms with Crippen LogP contribution in [0.4, 0.5) is 0 Å². The molecule has 3 nitrogen and oxygen atoms in total. The van der Waals surface area contributed by atoms with E-state index in [-0.39, 0.29) is 0 Å². The Hall–Kier alpha value is -0.120. The molecular formula is C12H27N3. The number of rotatable bonds is 7. The summed E-state index contributed by atoms with van der Waals surface area (Å²) >= 11 is 0. The summed E-state index contributed by atoms with van der Waals surface area (Å²) in [5.41, 5.74) is 0. The zero-order valence-electron chi connectivity index (χ0n) is 10.4. The van der Waals surface area contributed by atoms with Crippen molar-refractivity contribution in [2.45, 2.75) is 26.7 Å². The Kier molecular flexibility index (Phi) is 6.98. The summed E-state index contributed by atoms with van der Waals surface area (Å²) < 4.78 is 0. The third-order valence-electron chi connectivity index (χ3n) is 2.98. The van der Waals surface area contributed by atoms with E-state index in [4.69, 9.17) is 0 Å². The number of hydrogen-bond donors (Lipinski definition) is 2. The molecule has 1 heterocycles. The normalized spacial score (nSPS) is 20.4. The van der Waals surface area contributed by atoms with Gasteiger partial charge in [-0.3, -0.25) is 0 Å². The molecular weight excluding hydrogens is 186 g/mol. The molecule has 1 aliphatic rings. The van der Waals surface area contributed by atoms with Crippen molar-refractivity contribution in [3.8, 4) is 0 Å². The Balaban J connectivity index is 1.98. The first kappa shape index (κ1) is 12.9. The number of piperazine rings is 1. The summed E-state index contributed by atoms with van der Waals surface area (Å²) in [6.45, 7) is 13.0. The predicted molar refractivity (Wildman–Crippen MR) is 66.3 cm³/mol. The van der Waals surface area contributed by atoms with Crippen LogP contribution >= 0.6 is 0 Å². The number of nitrogens with zero attached hydrogens (tertiary/aromatic N) is 1. The molecule has 1 saturated heterocycles. The molecule has 1 rings (SSSR count).